The predicted octanol–water partition coefficient (Wildman–Crippen LogP) is 4.52. The van der Waals surface area contributed by atoms with Gasteiger partial charge in [-0.25, -0.2) is 4.98 Å². The van der Waals surface area contributed by atoms with Gasteiger partial charge in [-0.2, -0.15) is 0 Å². The van der Waals surface area contributed by atoms with Gasteiger partial charge in [0.2, 0.25) is 0 Å². The number of nitrogens with one attached hydrogen (secondary N) is 1. The minimum absolute atomic E-state index is 0.177. The molecule has 1 aliphatic heterocycles. The second-order valence-electron chi connectivity index (χ2n) is 8.26. The van der Waals surface area contributed by atoms with Crippen molar-refractivity contribution in [1.82, 2.24) is 25.1 Å². The molecule has 1 N–H and O–H groups in total. The van der Waals surface area contributed by atoms with Crippen molar-refractivity contribution < 1.29 is 4.79 Å². The summed E-state index contributed by atoms with van der Waals surface area (Å²) in [6.45, 7) is 4.06. The fourth-order valence-electron chi connectivity index (χ4n) is 4.06. The second-order valence-corrected chi connectivity index (χ2v) is 9.44. The SMILES string of the molecule is Cc1nnc(-c2ccc3cnc(NC(=O)c4ccnc(C5CCN(C)CC5)c4)cc3c2)s1. The monoisotopic (exact) mass is 444 g/mol. The topological polar surface area (TPSA) is 83.9 Å². The molecule has 0 bridgehead atoms. The first-order chi connectivity index (χ1) is 15.5. The van der Waals surface area contributed by atoms with Crippen molar-refractivity contribution in [3.05, 3.63) is 65.1 Å². The van der Waals surface area contributed by atoms with Crippen molar-refractivity contribution in [3.63, 3.8) is 0 Å². The van der Waals surface area contributed by atoms with Gasteiger partial charge in [0, 0.05) is 40.5 Å². The highest BCUT2D eigenvalue weighted by molar-refractivity contribution is 7.14. The van der Waals surface area contributed by atoms with Crippen LogP contribution in [0, 0.1) is 6.92 Å². The quantitative estimate of drug-likeness (QED) is 0.498. The summed E-state index contributed by atoms with van der Waals surface area (Å²) in [4.78, 5) is 24.2. The third-order valence-electron chi connectivity index (χ3n) is 5.92. The molecule has 0 unspecified atom stereocenters. The maximum Gasteiger partial charge on any atom is 0.256 e. The molecule has 0 spiro atoms. The molecule has 0 aliphatic carbocycles. The van der Waals surface area contributed by atoms with Gasteiger partial charge in [-0.05, 0) is 69.6 Å². The van der Waals surface area contributed by atoms with Crippen LogP contribution in [0.1, 0.15) is 39.8 Å². The molecule has 1 amide bonds. The molecule has 1 aliphatic rings. The van der Waals surface area contributed by atoms with Crippen molar-refractivity contribution in [2.24, 2.45) is 0 Å². The van der Waals surface area contributed by atoms with Crippen molar-refractivity contribution >= 4 is 33.8 Å². The smallest absolute Gasteiger partial charge is 0.256 e. The normalized spacial score (nSPS) is 15.2. The summed E-state index contributed by atoms with van der Waals surface area (Å²) in [5, 5.41) is 15.1. The van der Waals surface area contributed by atoms with Gasteiger partial charge in [-0.15, -0.1) is 10.2 Å². The molecule has 3 aromatic heterocycles. The van der Waals surface area contributed by atoms with Gasteiger partial charge in [-0.3, -0.25) is 9.78 Å². The van der Waals surface area contributed by atoms with Crippen LogP contribution in [0.4, 0.5) is 5.82 Å². The minimum atomic E-state index is -0.177. The first-order valence-corrected chi connectivity index (χ1v) is 11.5. The summed E-state index contributed by atoms with van der Waals surface area (Å²) in [6.07, 6.45) is 5.64. The first-order valence-electron chi connectivity index (χ1n) is 10.7. The number of rotatable bonds is 4. The van der Waals surface area contributed by atoms with Crippen LogP contribution in [0.25, 0.3) is 21.3 Å². The number of carbonyl (C=O) groups excluding carboxylic acids is 1. The molecule has 4 aromatic rings. The molecule has 4 heterocycles. The van der Waals surface area contributed by atoms with Gasteiger partial charge in [0.05, 0.1) is 0 Å². The van der Waals surface area contributed by atoms with Gasteiger partial charge in [0.15, 0.2) is 0 Å². The average Bonchev–Trinajstić information content (AvgIpc) is 3.25. The molecule has 5 rings (SSSR count). The summed E-state index contributed by atoms with van der Waals surface area (Å²) in [5.74, 6) is 0.746. The number of anilines is 1. The number of hydrogen-bond acceptors (Lipinski definition) is 7. The molecule has 162 valence electrons. The third-order valence-corrected chi connectivity index (χ3v) is 6.80. The van der Waals surface area contributed by atoms with E-state index in [2.05, 4.69) is 43.5 Å². The molecule has 0 saturated carbocycles. The van der Waals surface area contributed by atoms with E-state index in [1.807, 2.05) is 31.2 Å². The maximum atomic E-state index is 12.9. The molecular formula is C24H24N6OS. The molecule has 7 nitrogen and oxygen atoms in total. The van der Waals surface area contributed by atoms with E-state index in [9.17, 15) is 4.79 Å². The van der Waals surface area contributed by atoms with Crippen molar-refractivity contribution in [2.75, 3.05) is 25.5 Å². The van der Waals surface area contributed by atoms with Gasteiger partial charge in [-0.1, -0.05) is 23.5 Å². The molecule has 0 radical (unpaired) electrons. The second kappa shape index (κ2) is 8.72. The number of amides is 1. The first kappa shape index (κ1) is 20.7. The predicted molar refractivity (Wildman–Crippen MR) is 127 cm³/mol. The Kier molecular flexibility index (Phi) is 5.63. The fraction of sp³-hybridized carbons (Fsp3) is 0.292. The van der Waals surface area contributed by atoms with E-state index < -0.39 is 0 Å². The molecule has 1 saturated heterocycles. The Labute approximate surface area is 190 Å². The Hall–Kier alpha value is -3.23. The number of hydrogen-bond donors (Lipinski definition) is 1. The van der Waals surface area contributed by atoms with Crippen LogP contribution in [0.3, 0.4) is 0 Å². The van der Waals surface area contributed by atoms with Crippen LogP contribution >= 0.6 is 11.3 Å². The minimum Gasteiger partial charge on any atom is -0.307 e. The van der Waals surface area contributed by atoms with E-state index in [1.165, 1.54) is 0 Å². The standard InChI is InChI=1S/C24H24N6OS/c1-15-28-29-24(32-15)18-3-4-19-14-26-22(13-20(19)11-18)27-23(31)17-5-8-25-21(12-17)16-6-9-30(2)10-7-16/h3-5,8,11-14,16H,6-7,9-10H2,1-2H3,(H,26,27,31). The van der Waals surface area contributed by atoms with E-state index in [-0.39, 0.29) is 5.91 Å². The number of benzene rings is 1. The molecule has 8 heteroatoms. The van der Waals surface area contributed by atoms with E-state index >= 15 is 0 Å². The van der Waals surface area contributed by atoms with Crippen LogP contribution in [-0.4, -0.2) is 51.1 Å². The van der Waals surface area contributed by atoms with Gasteiger partial charge in [0.25, 0.3) is 5.91 Å². The lowest BCUT2D eigenvalue weighted by molar-refractivity contribution is 0.102. The van der Waals surface area contributed by atoms with Crippen LogP contribution < -0.4 is 5.32 Å². The number of piperidine rings is 1. The number of fused-ring (bicyclic) bond motifs is 1. The van der Waals surface area contributed by atoms with Gasteiger partial charge >= 0.3 is 0 Å². The van der Waals surface area contributed by atoms with Crippen molar-refractivity contribution in [2.45, 2.75) is 25.7 Å². The zero-order valence-electron chi connectivity index (χ0n) is 18.1. The summed E-state index contributed by atoms with van der Waals surface area (Å²) >= 11 is 1.56. The lowest BCUT2D eigenvalue weighted by atomic mass is 9.92. The number of likely N-dealkylation sites (tertiary alicyclic amines) is 1. The zero-order chi connectivity index (χ0) is 22.1. The highest BCUT2D eigenvalue weighted by Crippen LogP contribution is 2.28. The van der Waals surface area contributed by atoms with Crippen molar-refractivity contribution in [3.8, 4) is 10.6 Å². The van der Waals surface area contributed by atoms with Crippen LogP contribution in [0.15, 0.2) is 48.8 Å². The maximum absolute atomic E-state index is 12.9. The summed E-state index contributed by atoms with van der Waals surface area (Å²) in [5.41, 5.74) is 2.60. The van der Waals surface area contributed by atoms with Crippen LogP contribution in [0.2, 0.25) is 0 Å². The number of aromatic nitrogens is 4. The lowest BCUT2D eigenvalue weighted by Gasteiger charge is -2.28. The molecule has 0 atom stereocenters. The number of carbonyl (C=O) groups is 1. The summed E-state index contributed by atoms with van der Waals surface area (Å²) in [7, 11) is 2.14. The Bertz CT molecular complexity index is 1280. The Morgan fingerprint density at radius 3 is 2.69 bits per heavy atom. The van der Waals surface area contributed by atoms with E-state index in [4.69, 9.17) is 0 Å². The van der Waals surface area contributed by atoms with Gasteiger partial charge < -0.3 is 10.2 Å². The number of nitrogens with zero attached hydrogens (tertiary/aromatic N) is 5. The molecule has 32 heavy (non-hydrogen) atoms. The molecular weight excluding hydrogens is 420 g/mol. The zero-order valence-corrected chi connectivity index (χ0v) is 18.9. The van der Waals surface area contributed by atoms with Crippen molar-refractivity contribution in [1.29, 1.82) is 0 Å². The molecule has 1 fully saturated rings. The van der Waals surface area contributed by atoms with Crippen LogP contribution in [-0.2, 0) is 0 Å². The Morgan fingerprint density at radius 1 is 1.06 bits per heavy atom. The van der Waals surface area contributed by atoms with Gasteiger partial charge in [0.1, 0.15) is 15.8 Å². The Morgan fingerprint density at radius 2 is 1.91 bits per heavy atom. The number of aryl methyl sites for hydroxylation is 1. The number of pyridine rings is 2. The summed E-state index contributed by atoms with van der Waals surface area (Å²) in [6, 6.07) is 11.6. The third kappa shape index (κ3) is 4.37. The molecule has 1 aromatic carbocycles. The van der Waals surface area contributed by atoms with Crippen LogP contribution in [0.5, 0.6) is 0 Å². The van der Waals surface area contributed by atoms with E-state index in [0.717, 1.165) is 58.0 Å². The van der Waals surface area contributed by atoms with E-state index in [0.29, 0.717) is 17.3 Å². The average molecular weight is 445 g/mol. The largest absolute Gasteiger partial charge is 0.307 e. The lowest BCUT2D eigenvalue weighted by Crippen LogP contribution is -2.29. The summed E-state index contributed by atoms with van der Waals surface area (Å²) < 4.78 is 0. The Balaban J connectivity index is 1.36. The van der Waals surface area contributed by atoms with E-state index in [1.54, 1.807) is 29.8 Å². The fourth-order valence-corrected chi connectivity index (χ4v) is 4.75. The highest BCUT2D eigenvalue weighted by atomic mass is 32.1. The highest BCUT2D eigenvalue weighted by Gasteiger charge is 2.20.